The van der Waals surface area contributed by atoms with Gasteiger partial charge in [0.15, 0.2) is 8.32 Å². The lowest BCUT2D eigenvalue weighted by Gasteiger charge is -2.38. The molecule has 184 valence electrons. The molecule has 6 nitrogen and oxygen atoms in total. The van der Waals surface area contributed by atoms with Crippen molar-refractivity contribution >= 4 is 8.32 Å². The molecular formula is C25H44O6Si. The van der Waals surface area contributed by atoms with Crippen LogP contribution in [-0.2, 0) is 30.0 Å². The lowest BCUT2D eigenvalue weighted by molar-refractivity contribution is -0.115. The summed E-state index contributed by atoms with van der Waals surface area (Å²) in [6.45, 7) is 17.8. The van der Waals surface area contributed by atoms with Crippen LogP contribution in [0.1, 0.15) is 40.2 Å². The highest BCUT2D eigenvalue weighted by Gasteiger charge is 2.47. The Morgan fingerprint density at radius 1 is 1.06 bits per heavy atom. The molecule has 0 radical (unpaired) electrons. The van der Waals surface area contributed by atoms with E-state index in [1.54, 1.807) is 14.2 Å². The molecule has 1 aromatic carbocycles. The summed E-state index contributed by atoms with van der Waals surface area (Å²) in [7, 11) is 1.52. The third-order valence-corrected chi connectivity index (χ3v) is 11.3. The predicted octanol–water partition coefficient (Wildman–Crippen LogP) is 5.26. The fourth-order valence-electron chi connectivity index (χ4n) is 3.59. The number of epoxide rings is 1. The summed E-state index contributed by atoms with van der Waals surface area (Å²) in [5, 5.41) is 0.188. The van der Waals surface area contributed by atoms with Crippen LogP contribution in [0, 0.1) is 11.8 Å². The molecule has 1 fully saturated rings. The van der Waals surface area contributed by atoms with Gasteiger partial charge in [-0.25, -0.2) is 0 Å². The Kier molecular flexibility index (Phi) is 10.2. The van der Waals surface area contributed by atoms with Crippen molar-refractivity contribution in [1.82, 2.24) is 0 Å². The van der Waals surface area contributed by atoms with Gasteiger partial charge < -0.3 is 28.1 Å². The van der Waals surface area contributed by atoms with E-state index in [1.165, 1.54) is 0 Å². The monoisotopic (exact) mass is 468 g/mol. The van der Waals surface area contributed by atoms with E-state index >= 15 is 0 Å². The van der Waals surface area contributed by atoms with E-state index in [9.17, 15) is 0 Å². The highest BCUT2D eigenvalue weighted by atomic mass is 28.4. The molecule has 0 aromatic heterocycles. The molecule has 1 aliphatic heterocycles. The summed E-state index contributed by atoms with van der Waals surface area (Å²) >= 11 is 0. The SMILES string of the molecule is COCO[C@H]([C@@H](C)[C@H]1O[C@@H]1COCc1ccc(OC)cc1)[C@H](C)CO[Si](C)(C)C(C)(C)C. The van der Waals surface area contributed by atoms with E-state index in [1.807, 2.05) is 24.3 Å². The highest BCUT2D eigenvalue weighted by molar-refractivity contribution is 6.74. The zero-order chi connectivity index (χ0) is 23.9. The van der Waals surface area contributed by atoms with Crippen molar-refractivity contribution in [2.45, 2.75) is 77.7 Å². The van der Waals surface area contributed by atoms with Crippen molar-refractivity contribution in [2.75, 3.05) is 34.2 Å². The Labute approximate surface area is 196 Å². The van der Waals surface area contributed by atoms with Crippen LogP contribution >= 0.6 is 0 Å². The topological polar surface area (TPSA) is 58.7 Å². The van der Waals surface area contributed by atoms with Crippen molar-refractivity contribution in [3.63, 3.8) is 0 Å². The van der Waals surface area contributed by atoms with Crippen LogP contribution in [0.2, 0.25) is 18.1 Å². The Balaban J connectivity index is 1.84. The molecule has 0 N–H and O–H groups in total. The normalized spacial score (nSPS) is 21.8. The molecule has 1 saturated heterocycles. The first-order valence-electron chi connectivity index (χ1n) is 11.6. The first-order chi connectivity index (χ1) is 15.0. The molecule has 5 atom stereocenters. The van der Waals surface area contributed by atoms with Crippen LogP contribution in [0.4, 0.5) is 0 Å². The fourth-order valence-corrected chi connectivity index (χ4v) is 4.70. The van der Waals surface area contributed by atoms with Gasteiger partial charge >= 0.3 is 0 Å². The number of methoxy groups -OCH3 is 2. The average Bonchev–Trinajstić information content (AvgIpc) is 3.51. The molecule has 32 heavy (non-hydrogen) atoms. The molecule has 0 amide bonds. The maximum Gasteiger partial charge on any atom is 0.191 e. The van der Waals surface area contributed by atoms with E-state index in [4.69, 9.17) is 28.1 Å². The van der Waals surface area contributed by atoms with Crippen molar-refractivity contribution < 1.29 is 28.1 Å². The van der Waals surface area contributed by atoms with Gasteiger partial charge in [0.1, 0.15) is 18.6 Å². The Bertz CT molecular complexity index is 672. The molecule has 1 aromatic rings. The second kappa shape index (κ2) is 11.9. The molecule has 0 spiro atoms. The minimum atomic E-state index is -1.81. The van der Waals surface area contributed by atoms with E-state index in [-0.39, 0.29) is 42.0 Å². The molecular weight excluding hydrogens is 424 g/mol. The minimum absolute atomic E-state index is 0.00342. The summed E-state index contributed by atoms with van der Waals surface area (Å²) in [6, 6.07) is 7.93. The predicted molar refractivity (Wildman–Crippen MR) is 130 cm³/mol. The van der Waals surface area contributed by atoms with Gasteiger partial charge in [0.2, 0.25) is 0 Å². The second-order valence-corrected chi connectivity index (χ2v) is 15.3. The maximum atomic E-state index is 6.47. The lowest BCUT2D eigenvalue weighted by atomic mass is 9.90. The maximum absolute atomic E-state index is 6.47. The van der Waals surface area contributed by atoms with Crippen molar-refractivity contribution in [1.29, 1.82) is 0 Å². The molecule has 2 rings (SSSR count). The van der Waals surface area contributed by atoms with Gasteiger partial charge in [0.05, 0.1) is 32.5 Å². The average molecular weight is 469 g/mol. The third kappa shape index (κ3) is 7.82. The molecule has 0 aliphatic carbocycles. The van der Waals surface area contributed by atoms with Gasteiger partial charge in [-0.2, -0.15) is 0 Å². The van der Waals surface area contributed by atoms with Gasteiger partial charge in [-0.15, -0.1) is 0 Å². The smallest absolute Gasteiger partial charge is 0.191 e. The van der Waals surface area contributed by atoms with E-state index < -0.39 is 8.32 Å². The minimum Gasteiger partial charge on any atom is -0.497 e. The number of rotatable bonds is 14. The summed E-state index contributed by atoms with van der Waals surface area (Å²) in [5.74, 6) is 1.30. The number of hydrogen-bond donors (Lipinski definition) is 0. The fraction of sp³-hybridized carbons (Fsp3) is 0.760. The first kappa shape index (κ1) is 27.3. The van der Waals surface area contributed by atoms with Gasteiger partial charge in [-0.3, -0.25) is 0 Å². The summed E-state index contributed by atoms with van der Waals surface area (Å²) < 4.78 is 34.8. The zero-order valence-corrected chi connectivity index (χ0v) is 22.5. The highest BCUT2D eigenvalue weighted by Crippen LogP contribution is 2.38. The van der Waals surface area contributed by atoms with Gasteiger partial charge in [-0.05, 0) is 35.8 Å². The van der Waals surface area contributed by atoms with Crippen LogP contribution < -0.4 is 4.74 Å². The third-order valence-electron chi connectivity index (χ3n) is 6.82. The molecule has 7 heteroatoms. The molecule has 1 aliphatic rings. The van der Waals surface area contributed by atoms with Crippen molar-refractivity contribution in [3.05, 3.63) is 29.8 Å². The van der Waals surface area contributed by atoms with Crippen LogP contribution in [0.5, 0.6) is 5.75 Å². The zero-order valence-electron chi connectivity index (χ0n) is 21.5. The molecule has 1 heterocycles. The van der Waals surface area contributed by atoms with Crippen molar-refractivity contribution in [2.24, 2.45) is 11.8 Å². The van der Waals surface area contributed by atoms with Gasteiger partial charge in [-0.1, -0.05) is 46.8 Å². The van der Waals surface area contributed by atoms with Crippen LogP contribution in [-0.4, -0.2) is 60.9 Å². The summed E-state index contributed by atoms with van der Waals surface area (Å²) in [6.07, 6.45) is 0.227. The van der Waals surface area contributed by atoms with Crippen LogP contribution in [0.25, 0.3) is 0 Å². The van der Waals surface area contributed by atoms with E-state index in [2.05, 4.69) is 47.7 Å². The molecule has 0 unspecified atom stereocenters. The number of ether oxygens (including phenoxy) is 5. The standard InChI is InChI=1S/C25H44O6Si/c1-18(14-30-32(8,9)25(3,4)5)23(29-17-26-6)19(2)24-22(31-24)16-28-15-20-10-12-21(27-7)13-11-20/h10-13,18-19,22-24H,14-17H2,1-9H3/t18-,19-,22-,23+,24-/m1/s1. The Hall–Kier alpha value is -0.963. The van der Waals surface area contributed by atoms with Crippen LogP contribution in [0.15, 0.2) is 24.3 Å². The summed E-state index contributed by atoms with van der Waals surface area (Å²) in [4.78, 5) is 0. The first-order valence-corrected chi connectivity index (χ1v) is 14.5. The Morgan fingerprint density at radius 3 is 2.28 bits per heavy atom. The van der Waals surface area contributed by atoms with Gasteiger partial charge in [0, 0.05) is 25.6 Å². The second-order valence-electron chi connectivity index (χ2n) is 10.4. The summed E-state index contributed by atoms with van der Waals surface area (Å²) in [5.41, 5.74) is 1.12. The molecule has 0 saturated carbocycles. The van der Waals surface area contributed by atoms with Crippen LogP contribution in [0.3, 0.4) is 0 Å². The Morgan fingerprint density at radius 2 is 1.72 bits per heavy atom. The molecule has 0 bridgehead atoms. The van der Waals surface area contributed by atoms with E-state index in [0.29, 0.717) is 19.8 Å². The lowest BCUT2D eigenvalue weighted by Crippen LogP contribution is -2.44. The van der Waals surface area contributed by atoms with Crippen molar-refractivity contribution in [3.8, 4) is 5.75 Å². The van der Waals surface area contributed by atoms with E-state index in [0.717, 1.165) is 11.3 Å². The number of hydrogen-bond acceptors (Lipinski definition) is 6. The largest absolute Gasteiger partial charge is 0.497 e. The van der Waals surface area contributed by atoms with Gasteiger partial charge in [0.25, 0.3) is 0 Å². The quantitative estimate of drug-likeness (QED) is 0.211. The number of benzene rings is 1.